The number of nitrogens with one attached hydrogen (secondary N) is 1. The fraction of sp³-hybridized carbons (Fsp3) is 0.0952. The van der Waals surface area contributed by atoms with Gasteiger partial charge in [0.2, 0.25) is 0 Å². The van der Waals surface area contributed by atoms with Gasteiger partial charge in [0.25, 0.3) is 11.5 Å². The van der Waals surface area contributed by atoms with Crippen molar-refractivity contribution in [3.63, 3.8) is 0 Å². The molecule has 2 aromatic rings. The fourth-order valence-corrected chi connectivity index (χ4v) is 4.51. The van der Waals surface area contributed by atoms with Crippen LogP contribution in [0.25, 0.3) is 16.9 Å². The maximum atomic E-state index is 13.2. The van der Waals surface area contributed by atoms with Gasteiger partial charge in [-0.05, 0) is 30.3 Å². The Labute approximate surface area is 180 Å². The summed E-state index contributed by atoms with van der Waals surface area (Å²) in [7, 11) is 2.96. The minimum Gasteiger partial charge on any atom is -0.465 e. The van der Waals surface area contributed by atoms with Gasteiger partial charge >= 0.3 is 5.97 Å². The molecule has 4 heterocycles. The van der Waals surface area contributed by atoms with E-state index in [1.54, 1.807) is 41.0 Å². The first-order valence-corrected chi connectivity index (χ1v) is 10.0. The van der Waals surface area contributed by atoms with Crippen LogP contribution in [0.5, 0.6) is 0 Å². The number of carbonyl (C=O) groups excluding carboxylic acids is 2. The lowest BCUT2D eigenvalue weighted by atomic mass is 10.1. The zero-order valence-corrected chi connectivity index (χ0v) is 17.3. The molecule has 154 valence electrons. The quantitative estimate of drug-likeness (QED) is 0.484. The Kier molecular flexibility index (Phi) is 4.36. The molecule has 31 heavy (non-hydrogen) atoms. The number of H-pyrrole nitrogens is 1. The molecule has 3 aliphatic heterocycles. The van der Waals surface area contributed by atoms with Gasteiger partial charge in [-0.1, -0.05) is 11.8 Å². The first-order chi connectivity index (χ1) is 15.0. The molecule has 10 heteroatoms. The monoisotopic (exact) mass is 433 g/mol. The summed E-state index contributed by atoms with van der Waals surface area (Å²) < 4.78 is 6.45. The van der Waals surface area contributed by atoms with Crippen LogP contribution in [0.2, 0.25) is 0 Å². The normalized spacial score (nSPS) is 13.0. The summed E-state index contributed by atoms with van der Waals surface area (Å²) in [5.74, 6) is -0.799. The smallest absolute Gasteiger partial charge is 0.341 e. The molecule has 0 fully saturated rings. The topological polar surface area (TPSA) is 110 Å². The average Bonchev–Trinajstić information content (AvgIpc) is 3.13. The van der Waals surface area contributed by atoms with Crippen molar-refractivity contribution < 1.29 is 14.3 Å². The number of fused-ring (bicyclic) bond motifs is 3. The SMILES string of the molecule is COC(=O)c1cn(-c2ccc3c(c2)C(=O)N(C)c2cccnc2S3)cc2c(=O)[nH]nc1-2. The van der Waals surface area contributed by atoms with E-state index in [4.69, 9.17) is 4.74 Å². The Bertz CT molecular complexity index is 1390. The molecule has 0 unspecified atom stereocenters. The van der Waals surface area contributed by atoms with Crippen molar-refractivity contribution in [2.45, 2.75) is 9.92 Å². The molecule has 0 saturated heterocycles. The lowest BCUT2D eigenvalue weighted by Gasteiger charge is -2.17. The second-order valence-corrected chi connectivity index (χ2v) is 7.89. The molecule has 0 saturated carbocycles. The van der Waals surface area contributed by atoms with Gasteiger partial charge < -0.3 is 14.2 Å². The number of benzene rings is 1. The number of hydrogen-bond donors (Lipinski definition) is 1. The number of aromatic nitrogens is 4. The molecule has 1 amide bonds. The first-order valence-electron chi connectivity index (χ1n) is 9.22. The van der Waals surface area contributed by atoms with Crippen LogP contribution < -0.4 is 10.5 Å². The van der Waals surface area contributed by atoms with Gasteiger partial charge in [0.15, 0.2) is 0 Å². The van der Waals surface area contributed by atoms with E-state index < -0.39 is 11.5 Å². The van der Waals surface area contributed by atoms with Gasteiger partial charge in [0, 0.05) is 36.2 Å². The number of pyridine rings is 2. The predicted molar refractivity (Wildman–Crippen MR) is 113 cm³/mol. The maximum absolute atomic E-state index is 13.2. The van der Waals surface area contributed by atoms with Crippen molar-refractivity contribution in [2.75, 3.05) is 19.1 Å². The number of carbonyl (C=O) groups is 2. The summed E-state index contributed by atoms with van der Waals surface area (Å²) in [5, 5.41) is 7.02. The van der Waals surface area contributed by atoms with E-state index in [1.165, 1.54) is 25.1 Å². The number of methoxy groups -OCH3 is 1. The molecule has 0 aliphatic carbocycles. The predicted octanol–water partition coefficient (Wildman–Crippen LogP) is 2.59. The van der Waals surface area contributed by atoms with Gasteiger partial charge in [-0.25, -0.2) is 14.9 Å². The van der Waals surface area contributed by atoms with Crippen LogP contribution in [0, 0.1) is 0 Å². The third-order valence-corrected chi connectivity index (χ3v) is 6.16. The molecule has 0 bridgehead atoms. The molecule has 1 N–H and O–H groups in total. The van der Waals surface area contributed by atoms with E-state index in [9.17, 15) is 14.4 Å². The molecule has 3 aliphatic rings. The van der Waals surface area contributed by atoms with Crippen LogP contribution in [0.15, 0.2) is 63.6 Å². The van der Waals surface area contributed by atoms with Gasteiger partial charge in [0.1, 0.15) is 16.3 Å². The van der Waals surface area contributed by atoms with Crippen molar-refractivity contribution in [1.29, 1.82) is 0 Å². The molecule has 9 nitrogen and oxygen atoms in total. The average molecular weight is 433 g/mol. The summed E-state index contributed by atoms with van der Waals surface area (Å²) in [6.07, 6.45) is 4.79. The van der Waals surface area contributed by atoms with Crippen molar-refractivity contribution in [3.8, 4) is 16.9 Å². The van der Waals surface area contributed by atoms with Crippen molar-refractivity contribution >= 4 is 29.3 Å². The van der Waals surface area contributed by atoms with E-state index in [0.29, 0.717) is 11.3 Å². The molecular formula is C21H15N5O4S. The van der Waals surface area contributed by atoms with Gasteiger partial charge in [0.05, 0.1) is 23.9 Å². The number of rotatable bonds is 2. The van der Waals surface area contributed by atoms with Crippen molar-refractivity contribution in [3.05, 3.63) is 70.4 Å². The fourth-order valence-electron chi connectivity index (χ4n) is 3.49. The van der Waals surface area contributed by atoms with Crippen molar-refractivity contribution in [2.24, 2.45) is 0 Å². The Morgan fingerprint density at radius 2 is 2.00 bits per heavy atom. The first kappa shape index (κ1) is 19.1. The molecule has 0 spiro atoms. The van der Waals surface area contributed by atoms with Crippen LogP contribution in [0.3, 0.4) is 0 Å². The molecule has 0 atom stereocenters. The van der Waals surface area contributed by atoms with Gasteiger partial charge in [-0.3, -0.25) is 9.59 Å². The van der Waals surface area contributed by atoms with Crippen LogP contribution in [0.4, 0.5) is 5.69 Å². The summed E-state index contributed by atoms with van der Waals surface area (Å²) in [6, 6.07) is 9.00. The number of aromatic amines is 1. The van der Waals surface area contributed by atoms with Crippen LogP contribution in [-0.2, 0) is 4.74 Å². The van der Waals surface area contributed by atoms with Crippen LogP contribution in [0.1, 0.15) is 20.7 Å². The van der Waals surface area contributed by atoms with E-state index in [2.05, 4.69) is 15.2 Å². The Hall–Kier alpha value is -3.92. The van der Waals surface area contributed by atoms with Crippen LogP contribution >= 0.6 is 11.8 Å². The minimum absolute atomic E-state index is 0.141. The highest BCUT2D eigenvalue weighted by molar-refractivity contribution is 7.99. The van der Waals surface area contributed by atoms with Crippen molar-refractivity contribution in [1.82, 2.24) is 19.7 Å². The standard InChI is InChI=1S/C21H15N5O4S/c1-25-15-4-3-7-22-19(15)31-16-6-5-11(8-12(16)20(25)28)26-9-13-17(23-24-18(13)27)14(10-26)21(29)30-2/h3-10H,1-2H3,(H,24,27). The van der Waals surface area contributed by atoms with Crippen LogP contribution in [-0.4, -0.2) is 45.8 Å². The molecule has 0 radical (unpaired) electrons. The summed E-state index contributed by atoms with van der Waals surface area (Å²) >= 11 is 1.41. The minimum atomic E-state index is -0.617. The number of anilines is 1. The molecule has 5 rings (SSSR count). The third-order valence-electron chi connectivity index (χ3n) is 5.08. The Balaban J connectivity index is 1.68. The van der Waals surface area contributed by atoms with Gasteiger partial charge in [-0.2, -0.15) is 5.10 Å². The highest BCUT2D eigenvalue weighted by atomic mass is 32.2. The highest BCUT2D eigenvalue weighted by Crippen LogP contribution is 2.40. The molecule has 1 aromatic carbocycles. The van der Waals surface area contributed by atoms with E-state index in [-0.39, 0.29) is 22.7 Å². The molecular weight excluding hydrogens is 418 g/mol. The highest BCUT2D eigenvalue weighted by Gasteiger charge is 2.27. The zero-order valence-electron chi connectivity index (χ0n) is 16.4. The second kappa shape index (κ2) is 7.10. The number of esters is 1. The number of nitrogens with zero attached hydrogens (tertiary/aromatic N) is 4. The van der Waals surface area contributed by atoms with E-state index in [1.807, 2.05) is 18.2 Å². The van der Waals surface area contributed by atoms with E-state index >= 15 is 0 Å². The number of ether oxygens (including phenoxy) is 1. The number of hydrogen-bond acceptors (Lipinski definition) is 7. The van der Waals surface area contributed by atoms with E-state index in [0.717, 1.165) is 15.6 Å². The zero-order chi connectivity index (χ0) is 21.7. The lowest BCUT2D eigenvalue weighted by molar-refractivity contribution is 0.0600. The Morgan fingerprint density at radius 1 is 1.16 bits per heavy atom. The summed E-state index contributed by atoms with van der Waals surface area (Å²) in [5.41, 5.74) is 2.02. The third kappa shape index (κ3) is 2.99. The molecule has 1 aromatic heterocycles. The second-order valence-electron chi connectivity index (χ2n) is 6.86. The lowest BCUT2D eigenvalue weighted by Crippen LogP contribution is -2.26. The summed E-state index contributed by atoms with van der Waals surface area (Å²) in [6.45, 7) is 0. The summed E-state index contributed by atoms with van der Waals surface area (Å²) in [4.78, 5) is 44.3. The van der Waals surface area contributed by atoms with Gasteiger partial charge in [-0.15, -0.1) is 0 Å². The maximum Gasteiger partial charge on any atom is 0.341 e. The Morgan fingerprint density at radius 3 is 2.81 bits per heavy atom. The number of amides is 1. The largest absolute Gasteiger partial charge is 0.465 e.